The number of aromatic nitrogens is 1. The number of para-hydroxylation sites is 1. The maximum Gasteiger partial charge on any atom is 0.251 e. The molecule has 1 atom stereocenters. The fourth-order valence-electron chi connectivity index (χ4n) is 4.74. The first-order valence-corrected chi connectivity index (χ1v) is 10.8. The van der Waals surface area contributed by atoms with Gasteiger partial charge in [0.05, 0.1) is 0 Å². The predicted molar refractivity (Wildman–Crippen MR) is 123 cm³/mol. The first kappa shape index (κ1) is 18.9. The highest BCUT2D eigenvalue weighted by Crippen LogP contribution is 2.29. The Hall–Kier alpha value is -3.11. The lowest BCUT2D eigenvalue weighted by atomic mass is 10.1. The van der Waals surface area contributed by atoms with Crippen molar-refractivity contribution in [1.29, 1.82) is 0 Å². The number of rotatable bonds is 5. The van der Waals surface area contributed by atoms with Gasteiger partial charge in [0.2, 0.25) is 0 Å². The van der Waals surface area contributed by atoms with Gasteiger partial charge in [-0.25, -0.2) is 0 Å². The molecule has 152 valence electrons. The van der Waals surface area contributed by atoms with E-state index in [4.69, 9.17) is 0 Å². The zero-order valence-corrected chi connectivity index (χ0v) is 17.3. The van der Waals surface area contributed by atoms with Crippen LogP contribution >= 0.6 is 0 Å². The first-order chi connectivity index (χ1) is 14.7. The van der Waals surface area contributed by atoms with Gasteiger partial charge >= 0.3 is 0 Å². The van der Waals surface area contributed by atoms with Gasteiger partial charge in [-0.15, -0.1) is 0 Å². The summed E-state index contributed by atoms with van der Waals surface area (Å²) in [7, 11) is 0. The first-order valence-electron chi connectivity index (χ1n) is 10.8. The van der Waals surface area contributed by atoms with E-state index in [1.807, 2.05) is 12.1 Å². The smallest absolute Gasteiger partial charge is 0.251 e. The third kappa shape index (κ3) is 3.48. The summed E-state index contributed by atoms with van der Waals surface area (Å²) < 4.78 is 2.31. The van der Waals surface area contributed by atoms with E-state index >= 15 is 0 Å². The molecule has 4 aromatic rings. The molecule has 1 unspecified atom stereocenters. The highest BCUT2D eigenvalue weighted by Gasteiger charge is 2.24. The van der Waals surface area contributed by atoms with E-state index in [0.717, 1.165) is 43.5 Å². The Morgan fingerprint density at radius 2 is 1.73 bits per heavy atom. The molecule has 1 aromatic heterocycles. The van der Waals surface area contributed by atoms with E-state index < -0.39 is 0 Å². The number of aryl methyl sites for hydroxylation is 1. The van der Waals surface area contributed by atoms with E-state index in [2.05, 4.69) is 82.4 Å². The molecule has 0 saturated carbocycles. The topological polar surface area (TPSA) is 37.3 Å². The van der Waals surface area contributed by atoms with Crippen molar-refractivity contribution in [3.8, 4) is 0 Å². The monoisotopic (exact) mass is 397 g/mol. The summed E-state index contributed by atoms with van der Waals surface area (Å²) in [6.07, 6.45) is 0.996. The Kier molecular flexibility index (Phi) is 5.01. The van der Waals surface area contributed by atoms with Gasteiger partial charge in [-0.05, 0) is 43.2 Å². The number of fused-ring (bicyclic) bond motifs is 3. The van der Waals surface area contributed by atoms with Crippen LogP contribution in [0.1, 0.15) is 29.3 Å². The van der Waals surface area contributed by atoms with Gasteiger partial charge < -0.3 is 9.88 Å². The van der Waals surface area contributed by atoms with Gasteiger partial charge in [-0.3, -0.25) is 9.69 Å². The second-order valence-corrected chi connectivity index (χ2v) is 8.17. The molecule has 1 aliphatic rings. The molecule has 5 rings (SSSR count). The second kappa shape index (κ2) is 7.96. The van der Waals surface area contributed by atoms with Crippen molar-refractivity contribution in [3.05, 3.63) is 83.9 Å². The Bertz CT molecular complexity index is 1200. The summed E-state index contributed by atoms with van der Waals surface area (Å²) in [5, 5.41) is 5.61. The average molecular weight is 398 g/mol. The van der Waals surface area contributed by atoms with Crippen molar-refractivity contribution < 1.29 is 4.79 Å². The molecule has 4 heteroatoms. The SMILES string of the molecule is CCn1c2ccccc2c2cc(C(=O)NC3CCN(Cc4ccccc4)C3)ccc21. The average Bonchev–Trinajstić information content (AvgIpc) is 3.35. The molecule has 3 aromatic carbocycles. The molecule has 1 N–H and O–H groups in total. The number of nitrogens with one attached hydrogen (secondary N) is 1. The van der Waals surface area contributed by atoms with Crippen molar-refractivity contribution in [1.82, 2.24) is 14.8 Å². The van der Waals surface area contributed by atoms with Gasteiger partial charge in [-0.2, -0.15) is 0 Å². The number of likely N-dealkylation sites (tertiary alicyclic amines) is 1. The number of hydrogen-bond donors (Lipinski definition) is 1. The predicted octanol–water partition coefficient (Wildman–Crippen LogP) is 4.82. The van der Waals surface area contributed by atoms with Crippen molar-refractivity contribution in [2.24, 2.45) is 0 Å². The fourth-order valence-corrected chi connectivity index (χ4v) is 4.74. The zero-order valence-electron chi connectivity index (χ0n) is 17.3. The second-order valence-electron chi connectivity index (χ2n) is 8.17. The molecule has 2 heterocycles. The van der Waals surface area contributed by atoms with Crippen LogP contribution in [0.2, 0.25) is 0 Å². The van der Waals surface area contributed by atoms with Gasteiger partial charge in [0.25, 0.3) is 5.91 Å². The highest BCUT2D eigenvalue weighted by molar-refractivity contribution is 6.10. The van der Waals surface area contributed by atoms with Crippen LogP contribution < -0.4 is 5.32 Å². The molecule has 4 nitrogen and oxygen atoms in total. The highest BCUT2D eigenvalue weighted by atomic mass is 16.1. The summed E-state index contributed by atoms with van der Waals surface area (Å²) in [6, 6.07) is 25.3. The minimum atomic E-state index is 0.0248. The van der Waals surface area contributed by atoms with Crippen molar-refractivity contribution >= 4 is 27.7 Å². The summed E-state index contributed by atoms with van der Waals surface area (Å²) >= 11 is 0. The minimum Gasteiger partial charge on any atom is -0.348 e. The molecular formula is C26H27N3O. The quantitative estimate of drug-likeness (QED) is 0.524. The molecule has 0 spiro atoms. The van der Waals surface area contributed by atoms with Crippen LogP contribution in [-0.2, 0) is 13.1 Å². The molecule has 1 saturated heterocycles. The van der Waals surface area contributed by atoms with Crippen molar-refractivity contribution in [3.63, 3.8) is 0 Å². The Labute approximate surface area is 177 Å². The zero-order chi connectivity index (χ0) is 20.5. The Morgan fingerprint density at radius 3 is 2.57 bits per heavy atom. The van der Waals surface area contributed by atoms with E-state index in [1.54, 1.807) is 0 Å². The molecule has 1 amide bonds. The molecule has 1 fully saturated rings. The number of amides is 1. The number of nitrogens with zero attached hydrogens (tertiary/aromatic N) is 2. The lowest BCUT2D eigenvalue weighted by Gasteiger charge is -2.17. The molecule has 0 radical (unpaired) electrons. The maximum atomic E-state index is 13.0. The van der Waals surface area contributed by atoms with Gasteiger partial charge in [0, 0.05) is 59.6 Å². The standard InChI is InChI=1S/C26H27N3O/c1-2-29-24-11-7-6-10-22(24)23-16-20(12-13-25(23)29)26(30)27-21-14-15-28(18-21)17-19-8-4-3-5-9-19/h3-13,16,21H,2,14-15,17-18H2,1H3,(H,27,30). The lowest BCUT2D eigenvalue weighted by Crippen LogP contribution is -2.36. The van der Waals surface area contributed by atoms with Gasteiger partial charge in [0.15, 0.2) is 0 Å². The van der Waals surface area contributed by atoms with Crippen LogP contribution in [-0.4, -0.2) is 34.5 Å². The Balaban J connectivity index is 1.32. The molecular weight excluding hydrogens is 370 g/mol. The summed E-state index contributed by atoms with van der Waals surface area (Å²) in [6.45, 7) is 5.93. The maximum absolute atomic E-state index is 13.0. The molecule has 0 aliphatic carbocycles. The van der Waals surface area contributed by atoms with Crippen LogP contribution in [0.5, 0.6) is 0 Å². The number of carbonyl (C=O) groups is 1. The van der Waals surface area contributed by atoms with Crippen molar-refractivity contribution in [2.75, 3.05) is 13.1 Å². The minimum absolute atomic E-state index is 0.0248. The van der Waals surface area contributed by atoms with Gasteiger partial charge in [-0.1, -0.05) is 48.5 Å². The molecule has 1 aliphatic heterocycles. The van der Waals surface area contributed by atoms with Crippen LogP contribution in [0.3, 0.4) is 0 Å². The normalized spacial score (nSPS) is 17.0. The summed E-state index contributed by atoms with van der Waals surface area (Å²) in [5.41, 5.74) is 4.47. The molecule has 0 bridgehead atoms. The van der Waals surface area contributed by atoms with Crippen LogP contribution in [0.15, 0.2) is 72.8 Å². The number of benzene rings is 3. The lowest BCUT2D eigenvalue weighted by molar-refractivity contribution is 0.0938. The van der Waals surface area contributed by atoms with Gasteiger partial charge in [0.1, 0.15) is 0 Å². The third-order valence-electron chi connectivity index (χ3n) is 6.21. The number of hydrogen-bond acceptors (Lipinski definition) is 2. The largest absolute Gasteiger partial charge is 0.348 e. The van der Waals surface area contributed by atoms with E-state index in [0.29, 0.717) is 0 Å². The molecule has 30 heavy (non-hydrogen) atoms. The van der Waals surface area contributed by atoms with Crippen LogP contribution in [0.25, 0.3) is 21.8 Å². The summed E-state index contributed by atoms with van der Waals surface area (Å²) in [5.74, 6) is 0.0248. The van der Waals surface area contributed by atoms with E-state index in [-0.39, 0.29) is 11.9 Å². The van der Waals surface area contributed by atoms with Crippen LogP contribution in [0, 0.1) is 0 Å². The van der Waals surface area contributed by atoms with Crippen LogP contribution in [0.4, 0.5) is 0 Å². The van der Waals surface area contributed by atoms with Crippen molar-refractivity contribution in [2.45, 2.75) is 32.5 Å². The van der Waals surface area contributed by atoms with E-state index in [9.17, 15) is 4.79 Å². The van der Waals surface area contributed by atoms with E-state index in [1.165, 1.54) is 22.0 Å². The third-order valence-corrected chi connectivity index (χ3v) is 6.21. The Morgan fingerprint density at radius 1 is 0.967 bits per heavy atom. The summed E-state index contributed by atoms with van der Waals surface area (Å²) in [4.78, 5) is 15.4. The fraction of sp³-hybridized carbons (Fsp3) is 0.269. The number of carbonyl (C=O) groups excluding carboxylic acids is 1.